The highest BCUT2D eigenvalue weighted by molar-refractivity contribution is 5.68. The van der Waals surface area contributed by atoms with E-state index in [-0.39, 0.29) is 18.4 Å². The summed E-state index contributed by atoms with van der Waals surface area (Å²) in [5.41, 5.74) is -0.449. The molecule has 2 N–H and O–H groups in total. The smallest absolute Gasteiger partial charge is 0.407 e. The summed E-state index contributed by atoms with van der Waals surface area (Å²) in [7, 11) is 3.23. The fraction of sp³-hybridized carbons (Fsp3) is 0.923. The highest BCUT2D eigenvalue weighted by Crippen LogP contribution is 2.20. The van der Waals surface area contributed by atoms with E-state index in [1.165, 1.54) is 0 Å². The number of methoxy groups -OCH3 is 2. The Morgan fingerprint density at radius 1 is 1.21 bits per heavy atom. The molecular weight excluding hydrogens is 248 g/mol. The third-order valence-electron chi connectivity index (χ3n) is 2.96. The summed E-state index contributed by atoms with van der Waals surface area (Å²) in [6, 6.07) is 0.587. The summed E-state index contributed by atoms with van der Waals surface area (Å²) in [6.45, 7) is 6.21. The van der Waals surface area contributed by atoms with Gasteiger partial charge in [0.25, 0.3) is 0 Å². The highest BCUT2D eigenvalue weighted by Gasteiger charge is 2.31. The van der Waals surface area contributed by atoms with Crippen molar-refractivity contribution < 1.29 is 19.0 Å². The van der Waals surface area contributed by atoms with Gasteiger partial charge in [0.05, 0.1) is 0 Å². The Hall–Kier alpha value is -0.850. The lowest BCUT2D eigenvalue weighted by molar-refractivity contribution is -0.101. The van der Waals surface area contributed by atoms with Crippen LogP contribution in [-0.2, 0) is 14.2 Å². The fourth-order valence-electron chi connectivity index (χ4n) is 1.90. The minimum Gasteiger partial charge on any atom is -0.444 e. The quantitative estimate of drug-likeness (QED) is 0.713. The van der Waals surface area contributed by atoms with Crippen molar-refractivity contribution in [3.05, 3.63) is 0 Å². The molecule has 112 valence electrons. The molecule has 0 aromatic heterocycles. The first-order valence-corrected chi connectivity index (χ1v) is 6.62. The molecule has 1 aliphatic carbocycles. The fourth-order valence-corrected chi connectivity index (χ4v) is 1.90. The molecule has 0 aliphatic heterocycles. The second-order valence-electron chi connectivity index (χ2n) is 5.82. The van der Waals surface area contributed by atoms with E-state index in [2.05, 4.69) is 10.6 Å². The molecule has 1 saturated carbocycles. The monoisotopic (exact) mass is 274 g/mol. The molecule has 0 spiro atoms. The number of ether oxygens (including phenoxy) is 3. The predicted molar refractivity (Wildman–Crippen MR) is 72.0 cm³/mol. The van der Waals surface area contributed by atoms with E-state index in [9.17, 15) is 4.79 Å². The number of hydrogen-bond donors (Lipinski definition) is 2. The molecule has 19 heavy (non-hydrogen) atoms. The summed E-state index contributed by atoms with van der Waals surface area (Å²) >= 11 is 0. The minimum absolute atomic E-state index is 0.191. The largest absolute Gasteiger partial charge is 0.444 e. The zero-order valence-electron chi connectivity index (χ0n) is 12.5. The van der Waals surface area contributed by atoms with Crippen LogP contribution in [0.3, 0.4) is 0 Å². The van der Waals surface area contributed by atoms with E-state index in [0.717, 1.165) is 12.8 Å². The van der Waals surface area contributed by atoms with Crippen LogP contribution in [0, 0.1) is 0 Å². The number of amides is 1. The first kappa shape index (κ1) is 16.2. The molecule has 0 heterocycles. The van der Waals surface area contributed by atoms with Gasteiger partial charge < -0.3 is 24.8 Å². The number of rotatable bonds is 6. The van der Waals surface area contributed by atoms with Crippen molar-refractivity contribution in [2.24, 2.45) is 0 Å². The molecule has 0 saturated heterocycles. The maximum Gasteiger partial charge on any atom is 0.407 e. The van der Waals surface area contributed by atoms with Crippen LogP contribution in [0.2, 0.25) is 0 Å². The Kier molecular flexibility index (Phi) is 6.03. The number of nitrogens with one attached hydrogen (secondary N) is 2. The molecule has 0 atom stereocenters. The normalized spacial score (nSPS) is 23.1. The zero-order valence-corrected chi connectivity index (χ0v) is 12.5. The van der Waals surface area contributed by atoms with Crippen LogP contribution in [0.1, 0.15) is 33.6 Å². The van der Waals surface area contributed by atoms with Gasteiger partial charge in [-0.2, -0.15) is 0 Å². The molecule has 0 bridgehead atoms. The lowest BCUT2D eigenvalue weighted by Gasteiger charge is -2.37. The molecule has 0 aromatic carbocycles. The van der Waals surface area contributed by atoms with Crippen LogP contribution in [0.15, 0.2) is 0 Å². The van der Waals surface area contributed by atoms with Crippen molar-refractivity contribution in [3.63, 3.8) is 0 Å². The average Bonchev–Trinajstić information content (AvgIpc) is 2.23. The summed E-state index contributed by atoms with van der Waals surface area (Å²) < 4.78 is 15.4. The van der Waals surface area contributed by atoms with Crippen LogP contribution in [0.5, 0.6) is 0 Å². The van der Waals surface area contributed by atoms with Crippen LogP contribution in [0.25, 0.3) is 0 Å². The van der Waals surface area contributed by atoms with Gasteiger partial charge in [0, 0.05) is 32.8 Å². The Bertz CT molecular complexity index is 281. The van der Waals surface area contributed by atoms with Crippen molar-refractivity contribution in [1.82, 2.24) is 10.6 Å². The van der Waals surface area contributed by atoms with Gasteiger partial charge in [-0.25, -0.2) is 4.79 Å². The van der Waals surface area contributed by atoms with Crippen LogP contribution < -0.4 is 10.6 Å². The second-order valence-corrected chi connectivity index (χ2v) is 5.82. The van der Waals surface area contributed by atoms with E-state index >= 15 is 0 Å². The molecule has 1 amide bonds. The second kappa shape index (κ2) is 7.07. The van der Waals surface area contributed by atoms with Gasteiger partial charge in [0.1, 0.15) is 5.60 Å². The maximum atomic E-state index is 11.5. The van der Waals surface area contributed by atoms with Gasteiger partial charge in [-0.05, 0) is 33.6 Å². The Balaban J connectivity index is 2.12. The van der Waals surface area contributed by atoms with Crippen LogP contribution >= 0.6 is 0 Å². The van der Waals surface area contributed by atoms with Gasteiger partial charge in [0.2, 0.25) is 0 Å². The van der Waals surface area contributed by atoms with Crippen molar-refractivity contribution in [2.45, 2.75) is 57.6 Å². The zero-order chi connectivity index (χ0) is 14.5. The third kappa shape index (κ3) is 6.22. The SMILES string of the molecule is COC(CNC1CC(NC(=O)OC(C)(C)C)C1)OC. The lowest BCUT2D eigenvalue weighted by Crippen LogP contribution is -2.54. The summed E-state index contributed by atoms with van der Waals surface area (Å²) in [6.07, 6.45) is 1.24. The minimum atomic E-state index is -0.449. The Labute approximate surface area is 115 Å². The molecular formula is C13H26N2O4. The van der Waals surface area contributed by atoms with E-state index in [4.69, 9.17) is 14.2 Å². The van der Waals surface area contributed by atoms with E-state index in [1.807, 2.05) is 20.8 Å². The standard InChI is InChI=1S/C13H26N2O4/c1-13(2,3)19-12(16)15-10-6-9(7-10)14-8-11(17-4)18-5/h9-11,14H,6-8H2,1-5H3,(H,15,16). The van der Waals surface area contributed by atoms with Gasteiger partial charge in [0.15, 0.2) is 6.29 Å². The van der Waals surface area contributed by atoms with Crippen molar-refractivity contribution in [1.29, 1.82) is 0 Å². The molecule has 0 aromatic rings. The number of carbonyl (C=O) groups is 1. The highest BCUT2D eigenvalue weighted by atomic mass is 16.7. The summed E-state index contributed by atoms with van der Waals surface area (Å²) in [4.78, 5) is 11.5. The topological polar surface area (TPSA) is 68.8 Å². The van der Waals surface area contributed by atoms with Gasteiger partial charge >= 0.3 is 6.09 Å². The van der Waals surface area contributed by atoms with Gasteiger partial charge in [-0.3, -0.25) is 0 Å². The van der Waals surface area contributed by atoms with Crippen LogP contribution in [0.4, 0.5) is 4.79 Å². The molecule has 1 rings (SSSR count). The molecule has 6 nitrogen and oxygen atoms in total. The van der Waals surface area contributed by atoms with Crippen LogP contribution in [-0.4, -0.2) is 50.8 Å². The molecule has 6 heteroatoms. The number of alkyl carbamates (subject to hydrolysis) is 1. The molecule has 1 fully saturated rings. The maximum absolute atomic E-state index is 11.5. The average molecular weight is 274 g/mol. The predicted octanol–water partition coefficient (Wildman–Crippen LogP) is 1.25. The van der Waals surface area contributed by atoms with Crippen molar-refractivity contribution in [2.75, 3.05) is 20.8 Å². The van der Waals surface area contributed by atoms with Crippen molar-refractivity contribution in [3.8, 4) is 0 Å². The Morgan fingerprint density at radius 2 is 1.79 bits per heavy atom. The molecule has 0 unspecified atom stereocenters. The summed E-state index contributed by atoms with van der Waals surface area (Å²) in [5.74, 6) is 0. The molecule has 1 aliphatic rings. The number of hydrogen-bond acceptors (Lipinski definition) is 5. The van der Waals surface area contributed by atoms with E-state index < -0.39 is 5.60 Å². The number of carbonyl (C=O) groups excluding carboxylic acids is 1. The molecule has 0 radical (unpaired) electrons. The van der Waals surface area contributed by atoms with E-state index in [1.54, 1.807) is 14.2 Å². The third-order valence-corrected chi connectivity index (χ3v) is 2.96. The van der Waals surface area contributed by atoms with E-state index in [0.29, 0.717) is 12.6 Å². The Morgan fingerprint density at radius 3 is 2.26 bits per heavy atom. The van der Waals surface area contributed by atoms with Gasteiger partial charge in [-0.15, -0.1) is 0 Å². The lowest BCUT2D eigenvalue weighted by atomic mass is 9.87. The first-order chi connectivity index (χ1) is 8.84. The van der Waals surface area contributed by atoms with Crippen molar-refractivity contribution >= 4 is 6.09 Å². The summed E-state index contributed by atoms with van der Waals surface area (Å²) in [5, 5.41) is 6.19. The first-order valence-electron chi connectivity index (χ1n) is 6.62. The van der Waals surface area contributed by atoms with Gasteiger partial charge in [-0.1, -0.05) is 0 Å².